The molecule has 150 valence electrons. The Balaban J connectivity index is 1.38. The summed E-state index contributed by atoms with van der Waals surface area (Å²) in [7, 11) is 0. The monoisotopic (exact) mass is 403 g/mol. The van der Waals surface area contributed by atoms with Crippen LogP contribution in [0.2, 0.25) is 0 Å². The first kappa shape index (κ1) is 19.3. The minimum Gasteiger partial charge on any atom is -0.358 e. The molecule has 3 aromatic rings. The number of halogens is 1. The summed E-state index contributed by atoms with van der Waals surface area (Å²) in [5.41, 5.74) is 2.82. The van der Waals surface area contributed by atoms with Crippen LogP contribution in [0.1, 0.15) is 21.7 Å². The number of carbonyl (C=O) groups excluding carboxylic acids is 1. The molecular weight excluding hydrogens is 385 g/mol. The molecule has 0 spiro atoms. The fourth-order valence-corrected chi connectivity index (χ4v) is 2.96. The lowest BCUT2D eigenvalue weighted by atomic mass is 10.1. The summed E-state index contributed by atoms with van der Waals surface area (Å²) in [5, 5.41) is 5.36. The summed E-state index contributed by atoms with van der Waals surface area (Å²) < 4.78 is 14.8. The molecule has 0 atom stereocenters. The van der Waals surface area contributed by atoms with Crippen molar-refractivity contribution in [3.05, 3.63) is 106 Å². The third-order valence-corrected chi connectivity index (χ3v) is 4.53. The molecule has 0 saturated heterocycles. The van der Waals surface area contributed by atoms with Crippen molar-refractivity contribution in [1.29, 1.82) is 0 Å². The second kappa shape index (κ2) is 8.52. The van der Waals surface area contributed by atoms with Crippen LogP contribution in [0, 0.1) is 0 Å². The van der Waals surface area contributed by atoms with Crippen molar-refractivity contribution in [2.24, 2.45) is 0 Å². The highest BCUT2D eigenvalue weighted by Crippen LogP contribution is 2.18. The van der Waals surface area contributed by atoms with Gasteiger partial charge in [-0.15, -0.1) is 0 Å². The van der Waals surface area contributed by atoms with Crippen molar-refractivity contribution in [3.8, 4) is 5.69 Å². The fourth-order valence-electron chi connectivity index (χ4n) is 2.96. The number of aromatic nitrogens is 3. The fraction of sp³-hybridized carbons (Fsp3) is 0.0909. The molecule has 4 heterocycles. The van der Waals surface area contributed by atoms with Gasteiger partial charge in [0.25, 0.3) is 11.5 Å². The van der Waals surface area contributed by atoms with Crippen molar-refractivity contribution in [2.45, 2.75) is 6.54 Å². The van der Waals surface area contributed by atoms with Gasteiger partial charge in [0.2, 0.25) is 0 Å². The first-order chi connectivity index (χ1) is 14.6. The molecule has 0 radical (unpaired) electrons. The molecule has 7 nitrogen and oxygen atoms in total. The predicted molar refractivity (Wildman–Crippen MR) is 110 cm³/mol. The number of hydrogen-bond donors (Lipinski definition) is 2. The third kappa shape index (κ3) is 4.33. The molecule has 0 aliphatic carbocycles. The largest absolute Gasteiger partial charge is 0.358 e. The third-order valence-electron chi connectivity index (χ3n) is 4.53. The van der Waals surface area contributed by atoms with Gasteiger partial charge >= 0.3 is 0 Å². The van der Waals surface area contributed by atoms with Crippen LogP contribution in [0.5, 0.6) is 0 Å². The smallest absolute Gasteiger partial charge is 0.270 e. The molecule has 0 unspecified atom stereocenters. The van der Waals surface area contributed by atoms with Gasteiger partial charge in [-0.05, 0) is 35.9 Å². The second-order valence-electron chi connectivity index (χ2n) is 6.58. The minimum absolute atomic E-state index is 0.175. The maximum atomic E-state index is 13.3. The number of carbonyl (C=O) groups is 1. The molecule has 1 aliphatic heterocycles. The lowest BCUT2D eigenvalue weighted by Gasteiger charge is -2.11. The molecule has 1 amide bonds. The topological polar surface area (TPSA) is 88.9 Å². The highest BCUT2D eigenvalue weighted by atomic mass is 19.1. The van der Waals surface area contributed by atoms with Crippen molar-refractivity contribution < 1.29 is 9.18 Å². The van der Waals surface area contributed by atoms with Crippen molar-refractivity contribution >= 4 is 11.5 Å². The second-order valence-corrected chi connectivity index (χ2v) is 6.58. The van der Waals surface area contributed by atoms with Gasteiger partial charge in [-0.25, -0.2) is 4.98 Å². The number of amides is 1. The lowest BCUT2D eigenvalue weighted by Crippen LogP contribution is -2.24. The average molecular weight is 403 g/mol. The van der Waals surface area contributed by atoms with E-state index < -0.39 is 0 Å². The van der Waals surface area contributed by atoms with E-state index in [0.29, 0.717) is 23.5 Å². The van der Waals surface area contributed by atoms with Crippen LogP contribution in [0.3, 0.4) is 0 Å². The zero-order valence-electron chi connectivity index (χ0n) is 15.9. The van der Waals surface area contributed by atoms with E-state index in [9.17, 15) is 14.0 Å². The Morgan fingerprint density at radius 1 is 1.13 bits per heavy atom. The maximum Gasteiger partial charge on any atom is 0.270 e. The lowest BCUT2D eigenvalue weighted by molar-refractivity contribution is 0.0946. The first-order valence-corrected chi connectivity index (χ1v) is 9.29. The van der Waals surface area contributed by atoms with Crippen LogP contribution in [-0.2, 0) is 6.54 Å². The van der Waals surface area contributed by atoms with Gasteiger partial charge in [0.15, 0.2) is 5.95 Å². The van der Waals surface area contributed by atoms with E-state index in [1.54, 1.807) is 42.7 Å². The van der Waals surface area contributed by atoms with E-state index in [4.69, 9.17) is 0 Å². The minimum atomic E-state index is -0.388. The molecule has 4 rings (SSSR count). The summed E-state index contributed by atoms with van der Waals surface area (Å²) in [4.78, 5) is 32.7. The summed E-state index contributed by atoms with van der Waals surface area (Å²) in [5.74, 6) is -0.724. The van der Waals surface area contributed by atoms with Crippen molar-refractivity contribution in [2.75, 3.05) is 6.54 Å². The molecule has 8 heteroatoms. The van der Waals surface area contributed by atoms with Gasteiger partial charge < -0.3 is 10.6 Å². The summed E-state index contributed by atoms with van der Waals surface area (Å²) in [6.45, 7) is 0.695. The van der Waals surface area contributed by atoms with E-state index in [0.717, 1.165) is 5.56 Å². The molecule has 0 saturated carbocycles. The zero-order valence-corrected chi connectivity index (χ0v) is 15.9. The summed E-state index contributed by atoms with van der Waals surface area (Å²) >= 11 is 0. The Bertz CT molecular complexity index is 1180. The van der Waals surface area contributed by atoms with Crippen molar-refractivity contribution in [3.63, 3.8) is 0 Å². The van der Waals surface area contributed by atoms with Gasteiger partial charge in [-0.1, -0.05) is 18.2 Å². The summed E-state index contributed by atoms with van der Waals surface area (Å²) in [6.07, 6.45) is 8.01. The van der Waals surface area contributed by atoms with Crippen LogP contribution >= 0.6 is 0 Å². The van der Waals surface area contributed by atoms with E-state index in [1.165, 1.54) is 22.9 Å². The SMILES string of the molecule is O=C(NCc1ccc(C2=CCNC(F)=C2)nc1)c1ccc(-n2ccccc2=O)cn1. The molecule has 0 aromatic carbocycles. The summed E-state index contributed by atoms with van der Waals surface area (Å²) in [6, 6.07) is 11.7. The number of allylic oxidation sites excluding steroid dienone is 2. The Hall–Kier alpha value is -4.07. The van der Waals surface area contributed by atoms with Crippen LogP contribution in [0.15, 0.2) is 84.0 Å². The average Bonchev–Trinajstić information content (AvgIpc) is 2.78. The molecule has 30 heavy (non-hydrogen) atoms. The highest BCUT2D eigenvalue weighted by Gasteiger charge is 2.10. The Labute approximate surface area is 171 Å². The van der Waals surface area contributed by atoms with Crippen molar-refractivity contribution in [1.82, 2.24) is 25.2 Å². The van der Waals surface area contributed by atoms with Gasteiger partial charge in [-0.2, -0.15) is 4.39 Å². The quantitative estimate of drug-likeness (QED) is 0.639. The molecule has 0 fully saturated rings. The van der Waals surface area contributed by atoms with Crippen LogP contribution in [-0.4, -0.2) is 27.0 Å². The zero-order chi connectivity index (χ0) is 20.9. The van der Waals surface area contributed by atoms with E-state index in [1.807, 2.05) is 12.1 Å². The Kier molecular flexibility index (Phi) is 5.47. The standard InChI is InChI=1S/C22H18FN5O2/c23-20-11-16(8-9-24-20)18-6-4-15(12-25-18)13-27-22(30)19-7-5-17(14-26-19)28-10-2-1-3-21(28)29/h1-8,10-12,14,24H,9,13H2,(H,27,30). The molecular formula is C22H18FN5O2. The van der Waals surface area contributed by atoms with E-state index >= 15 is 0 Å². The Morgan fingerprint density at radius 3 is 2.73 bits per heavy atom. The molecule has 0 bridgehead atoms. The highest BCUT2D eigenvalue weighted by molar-refractivity contribution is 5.92. The first-order valence-electron chi connectivity index (χ1n) is 9.29. The predicted octanol–water partition coefficient (Wildman–Crippen LogP) is 2.36. The number of nitrogens with one attached hydrogen (secondary N) is 2. The van der Waals surface area contributed by atoms with Crippen LogP contribution in [0.4, 0.5) is 4.39 Å². The van der Waals surface area contributed by atoms with Gasteiger partial charge in [0.1, 0.15) is 5.69 Å². The maximum absolute atomic E-state index is 13.3. The normalized spacial score (nSPS) is 13.1. The Morgan fingerprint density at radius 2 is 2.03 bits per heavy atom. The number of rotatable bonds is 5. The number of hydrogen-bond acceptors (Lipinski definition) is 5. The van der Waals surface area contributed by atoms with Gasteiger partial charge in [0, 0.05) is 37.1 Å². The molecule has 2 N–H and O–H groups in total. The van der Waals surface area contributed by atoms with Crippen LogP contribution in [0.25, 0.3) is 11.3 Å². The molecule has 3 aromatic heterocycles. The number of nitrogens with zero attached hydrogens (tertiary/aromatic N) is 3. The van der Waals surface area contributed by atoms with Gasteiger partial charge in [0.05, 0.1) is 17.6 Å². The molecule has 1 aliphatic rings. The van der Waals surface area contributed by atoms with E-state index in [2.05, 4.69) is 20.6 Å². The van der Waals surface area contributed by atoms with Gasteiger partial charge in [-0.3, -0.25) is 19.1 Å². The van der Waals surface area contributed by atoms with Crippen LogP contribution < -0.4 is 16.2 Å². The number of dihydropyridines is 1. The van der Waals surface area contributed by atoms with E-state index in [-0.39, 0.29) is 29.7 Å². The number of pyridine rings is 3.